The van der Waals surface area contributed by atoms with Gasteiger partial charge in [-0.25, -0.2) is 17.9 Å². The lowest BCUT2D eigenvalue weighted by atomic mass is 10.1. The van der Waals surface area contributed by atoms with Crippen LogP contribution in [-0.4, -0.2) is 40.3 Å². The van der Waals surface area contributed by atoms with Crippen molar-refractivity contribution in [1.29, 1.82) is 0 Å². The maximum Gasteiger partial charge on any atom is 0.274 e. The number of aromatic nitrogens is 2. The molecule has 3 aromatic rings. The molecule has 0 saturated carbocycles. The second kappa shape index (κ2) is 7.85. The third-order valence-electron chi connectivity index (χ3n) is 5.88. The Morgan fingerprint density at radius 3 is 2.61 bits per heavy atom. The zero-order chi connectivity index (χ0) is 21.5. The number of benzene rings is 2. The summed E-state index contributed by atoms with van der Waals surface area (Å²) in [5.41, 5.74) is 3.26. The predicted molar refractivity (Wildman–Crippen MR) is 107 cm³/mol. The van der Waals surface area contributed by atoms with Gasteiger partial charge in [-0.3, -0.25) is 4.79 Å². The van der Waals surface area contributed by atoms with Gasteiger partial charge in [-0.2, -0.15) is 5.10 Å². The first-order valence-electron chi connectivity index (χ1n) is 10.2. The average Bonchev–Trinajstić information content (AvgIpc) is 3.39. The molecule has 0 N–H and O–H groups in total. The molecule has 1 aliphatic carbocycles. The van der Waals surface area contributed by atoms with Crippen LogP contribution in [0.1, 0.15) is 39.8 Å². The highest BCUT2D eigenvalue weighted by Crippen LogP contribution is 2.30. The average molecular weight is 427 g/mol. The highest BCUT2D eigenvalue weighted by Gasteiger charge is 2.32. The summed E-state index contributed by atoms with van der Waals surface area (Å²) in [6.07, 6.45) is 1.96. The lowest BCUT2D eigenvalue weighted by molar-refractivity contribution is -0.0230. The van der Waals surface area contributed by atoms with Gasteiger partial charge in [0.15, 0.2) is 17.3 Å². The molecular weight excluding hydrogens is 407 g/mol. The fourth-order valence-corrected chi connectivity index (χ4v) is 4.30. The van der Waals surface area contributed by atoms with E-state index in [4.69, 9.17) is 4.74 Å². The van der Waals surface area contributed by atoms with E-state index in [-0.39, 0.29) is 17.8 Å². The third-order valence-corrected chi connectivity index (χ3v) is 5.88. The van der Waals surface area contributed by atoms with E-state index in [1.54, 1.807) is 21.7 Å². The predicted octanol–water partition coefficient (Wildman–Crippen LogP) is 3.99. The smallest absolute Gasteiger partial charge is 0.274 e. The van der Waals surface area contributed by atoms with Crippen LogP contribution in [0.3, 0.4) is 0 Å². The summed E-state index contributed by atoms with van der Waals surface area (Å²) in [6, 6.07) is 9.66. The van der Waals surface area contributed by atoms with E-state index in [9.17, 15) is 18.0 Å². The van der Waals surface area contributed by atoms with Crippen molar-refractivity contribution in [2.24, 2.45) is 0 Å². The molecule has 1 fully saturated rings. The van der Waals surface area contributed by atoms with Crippen LogP contribution in [0.2, 0.25) is 0 Å². The molecule has 1 saturated heterocycles. The number of fused-ring (bicyclic) bond motifs is 1. The Morgan fingerprint density at radius 2 is 1.84 bits per heavy atom. The first kappa shape index (κ1) is 19.8. The summed E-state index contributed by atoms with van der Waals surface area (Å²) >= 11 is 0. The molecule has 0 spiro atoms. The highest BCUT2D eigenvalue weighted by atomic mass is 19.2. The number of carbonyl (C=O) groups is 1. The van der Waals surface area contributed by atoms with Gasteiger partial charge in [-0.1, -0.05) is 12.1 Å². The Balaban J connectivity index is 1.44. The standard InChI is InChI=1S/C23H20F3N3O2/c24-15-6-4-14(5-7-15)21-13-28(10-11-31-21)23(30)22-17-2-1-3-20(17)29(27-22)16-8-9-18(25)19(26)12-16/h4-9,12,21H,1-3,10-11,13H2. The summed E-state index contributed by atoms with van der Waals surface area (Å²) in [4.78, 5) is 15.0. The molecule has 8 heteroatoms. The van der Waals surface area contributed by atoms with Gasteiger partial charge in [-0.15, -0.1) is 0 Å². The molecule has 2 heterocycles. The Hall–Kier alpha value is -3.13. The number of halogens is 3. The molecule has 5 nitrogen and oxygen atoms in total. The highest BCUT2D eigenvalue weighted by molar-refractivity contribution is 5.94. The van der Waals surface area contributed by atoms with E-state index in [1.807, 2.05) is 0 Å². The van der Waals surface area contributed by atoms with Crippen LogP contribution >= 0.6 is 0 Å². The Bertz CT molecular complexity index is 1140. The second-order valence-corrected chi connectivity index (χ2v) is 7.80. The van der Waals surface area contributed by atoms with Gasteiger partial charge < -0.3 is 9.64 Å². The number of ether oxygens (including phenoxy) is 1. The lowest BCUT2D eigenvalue weighted by Crippen LogP contribution is -2.42. The monoisotopic (exact) mass is 427 g/mol. The molecule has 0 bridgehead atoms. The molecule has 1 aliphatic heterocycles. The quantitative estimate of drug-likeness (QED) is 0.635. The first-order chi connectivity index (χ1) is 15.0. The maximum absolute atomic E-state index is 13.8. The summed E-state index contributed by atoms with van der Waals surface area (Å²) in [7, 11) is 0. The molecule has 1 aromatic heterocycles. The van der Waals surface area contributed by atoms with Crippen LogP contribution < -0.4 is 0 Å². The zero-order valence-corrected chi connectivity index (χ0v) is 16.7. The van der Waals surface area contributed by atoms with Crippen LogP contribution in [0.4, 0.5) is 13.2 Å². The number of morpholine rings is 1. The molecular formula is C23H20F3N3O2. The van der Waals surface area contributed by atoms with Crippen molar-refractivity contribution in [3.8, 4) is 5.69 Å². The number of amides is 1. The minimum atomic E-state index is -0.956. The van der Waals surface area contributed by atoms with Crippen molar-refractivity contribution < 1.29 is 22.7 Å². The van der Waals surface area contributed by atoms with Crippen LogP contribution in [0.25, 0.3) is 5.69 Å². The van der Waals surface area contributed by atoms with Crippen LogP contribution in [0.15, 0.2) is 42.5 Å². The third kappa shape index (κ3) is 3.61. The van der Waals surface area contributed by atoms with Gasteiger partial charge in [-0.05, 0) is 49.1 Å². The Morgan fingerprint density at radius 1 is 1.03 bits per heavy atom. The van der Waals surface area contributed by atoms with Crippen molar-refractivity contribution in [2.75, 3.05) is 19.7 Å². The topological polar surface area (TPSA) is 47.4 Å². The summed E-state index contributed by atoms with van der Waals surface area (Å²) < 4.78 is 47.7. The van der Waals surface area contributed by atoms with Gasteiger partial charge >= 0.3 is 0 Å². The fraction of sp³-hybridized carbons (Fsp3) is 0.304. The van der Waals surface area contributed by atoms with Crippen LogP contribution in [0, 0.1) is 17.5 Å². The Kier molecular flexibility index (Phi) is 5.02. The summed E-state index contributed by atoms with van der Waals surface area (Å²) in [5.74, 6) is -2.42. The molecule has 1 atom stereocenters. The molecule has 2 aliphatic rings. The zero-order valence-electron chi connectivity index (χ0n) is 16.7. The van der Waals surface area contributed by atoms with Crippen LogP contribution in [-0.2, 0) is 17.6 Å². The molecule has 1 amide bonds. The summed E-state index contributed by atoms with van der Waals surface area (Å²) in [6.45, 7) is 1.11. The van der Waals surface area contributed by atoms with Crippen molar-refractivity contribution in [3.63, 3.8) is 0 Å². The molecule has 1 unspecified atom stereocenters. The number of carbonyl (C=O) groups excluding carboxylic acids is 1. The van der Waals surface area contributed by atoms with Crippen molar-refractivity contribution in [1.82, 2.24) is 14.7 Å². The minimum absolute atomic E-state index is 0.213. The minimum Gasteiger partial charge on any atom is -0.370 e. The van der Waals surface area contributed by atoms with Crippen molar-refractivity contribution >= 4 is 5.91 Å². The van der Waals surface area contributed by atoms with Gasteiger partial charge in [0, 0.05) is 23.9 Å². The van der Waals surface area contributed by atoms with E-state index >= 15 is 0 Å². The molecule has 5 rings (SSSR count). The maximum atomic E-state index is 13.8. The Labute approximate surface area is 177 Å². The molecule has 0 radical (unpaired) electrons. The molecule has 2 aromatic carbocycles. The molecule has 160 valence electrons. The van der Waals surface area contributed by atoms with E-state index < -0.39 is 11.6 Å². The number of nitrogens with zero attached hydrogens (tertiary/aromatic N) is 3. The van der Waals surface area contributed by atoms with E-state index in [2.05, 4.69) is 5.10 Å². The van der Waals surface area contributed by atoms with Gasteiger partial charge in [0.1, 0.15) is 11.9 Å². The van der Waals surface area contributed by atoms with E-state index in [0.29, 0.717) is 37.5 Å². The lowest BCUT2D eigenvalue weighted by Gasteiger charge is -2.33. The number of hydrogen-bond donors (Lipinski definition) is 0. The molecule has 31 heavy (non-hydrogen) atoms. The normalized spacial score (nSPS) is 18.3. The van der Waals surface area contributed by atoms with E-state index in [1.165, 1.54) is 18.2 Å². The number of rotatable bonds is 3. The van der Waals surface area contributed by atoms with Gasteiger partial charge in [0.05, 0.1) is 18.8 Å². The SMILES string of the molecule is O=C(c1nn(-c2ccc(F)c(F)c2)c2c1CCC2)N1CCOC(c2ccc(F)cc2)C1. The van der Waals surface area contributed by atoms with Crippen LogP contribution in [0.5, 0.6) is 0 Å². The summed E-state index contributed by atoms with van der Waals surface area (Å²) in [5, 5.41) is 4.50. The van der Waals surface area contributed by atoms with Gasteiger partial charge in [0.25, 0.3) is 5.91 Å². The van der Waals surface area contributed by atoms with E-state index in [0.717, 1.165) is 41.8 Å². The van der Waals surface area contributed by atoms with Crippen molar-refractivity contribution in [3.05, 3.63) is 82.4 Å². The van der Waals surface area contributed by atoms with Crippen molar-refractivity contribution in [2.45, 2.75) is 25.4 Å². The fourth-order valence-electron chi connectivity index (χ4n) is 4.30. The first-order valence-corrected chi connectivity index (χ1v) is 10.2. The second-order valence-electron chi connectivity index (χ2n) is 7.80. The number of hydrogen-bond acceptors (Lipinski definition) is 3. The largest absolute Gasteiger partial charge is 0.370 e. The van der Waals surface area contributed by atoms with Gasteiger partial charge in [0.2, 0.25) is 0 Å².